The molecule has 11 aromatic rings. The first-order chi connectivity index (χ1) is 28.8. The van der Waals surface area contributed by atoms with Gasteiger partial charge in [0, 0.05) is 33.3 Å². The summed E-state index contributed by atoms with van der Waals surface area (Å²) in [6.45, 7) is 0. The largest absolute Gasteiger partial charge is 0.310 e. The van der Waals surface area contributed by atoms with Gasteiger partial charge in [0.05, 0.1) is 22.4 Å². The smallest absolute Gasteiger partial charge is 0.0562 e. The van der Waals surface area contributed by atoms with Crippen LogP contribution in [0.15, 0.2) is 231 Å². The van der Waals surface area contributed by atoms with Crippen LogP contribution in [0, 0.1) is 0 Å². The molecule has 0 unspecified atom stereocenters. The SMILES string of the molecule is c1ccc(-c2ccccc2-n2c3ccccc3c3ccc(N(c4ccccc4)c4cccc(-c5cccc6ccccc56)c4-c4cccc5ccccc45)cc32)cc1. The molecule has 0 aliphatic rings. The zero-order valence-electron chi connectivity index (χ0n) is 31.8. The summed E-state index contributed by atoms with van der Waals surface area (Å²) in [4.78, 5) is 2.45. The molecule has 0 aliphatic carbocycles. The monoisotopic (exact) mass is 738 g/mol. The van der Waals surface area contributed by atoms with Gasteiger partial charge in [0.1, 0.15) is 0 Å². The van der Waals surface area contributed by atoms with Crippen molar-refractivity contribution in [3.63, 3.8) is 0 Å². The zero-order valence-corrected chi connectivity index (χ0v) is 31.8. The van der Waals surface area contributed by atoms with Crippen molar-refractivity contribution in [2.45, 2.75) is 0 Å². The van der Waals surface area contributed by atoms with Gasteiger partial charge in [-0.05, 0) is 86.3 Å². The van der Waals surface area contributed by atoms with Crippen LogP contribution < -0.4 is 4.90 Å². The number of benzene rings is 10. The summed E-state index contributed by atoms with van der Waals surface area (Å²) >= 11 is 0. The van der Waals surface area contributed by atoms with Crippen LogP contribution in [0.25, 0.3) is 82.4 Å². The van der Waals surface area contributed by atoms with Gasteiger partial charge in [0.2, 0.25) is 0 Å². The highest BCUT2D eigenvalue weighted by Crippen LogP contribution is 2.49. The van der Waals surface area contributed by atoms with Gasteiger partial charge in [-0.15, -0.1) is 0 Å². The maximum atomic E-state index is 2.46. The second-order valence-electron chi connectivity index (χ2n) is 14.9. The number of rotatable bonds is 7. The van der Waals surface area contributed by atoms with E-state index in [1.807, 2.05) is 0 Å². The van der Waals surface area contributed by atoms with E-state index in [2.05, 4.69) is 240 Å². The Morgan fingerprint density at radius 1 is 0.310 bits per heavy atom. The molecule has 0 aliphatic heterocycles. The highest BCUT2D eigenvalue weighted by atomic mass is 15.1. The van der Waals surface area contributed by atoms with Gasteiger partial charge in [-0.1, -0.05) is 188 Å². The molecule has 1 aromatic heterocycles. The average molecular weight is 739 g/mol. The van der Waals surface area contributed by atoms with Crippen molar-refractivity contribution >= 4 is 60.4 Å². The Bertz CT molecular complexity index is 3280. The maximum Gasteiger partial charge on any atom is 0.0562 e. The normalized spacial score (nSPS) is 11.4. The van der Waals surface area contributed by atoms with Crippen LogP contribution in [-0.4, -0.2) is 4.57 Å². The van der Waals surface area contributed by atoms with E-state index in [9.17, 15) is 0 Å². The molecule has 0 fully saturated rings. The lowest BCUT2D eigenvalue weighted by atomic mass is 9.87. The second kappa shape index (κ2) is 14.1. The van der Waals surface area contributed by atoms with E-state index in [1.165, 1.54) is 71.2 Å². The molecule has 11 rings (SSSR count). The van der Waals surface area contributed by atoms with Crippen LogP contribution in [0.4, 0.5) is 17.1 Å². The highest BCUT2D eigenvalue weighted by Gasteiger charge is 2.24. The summed E-state index contributed by atoms with van der Waals surface area (Å²) < 4.78 is 2.46. The fourth-order valence-electron chi connectivity index (χ4n) is 9.03. The van der Waals surface area contributed by atoms with Crippen molar-refractivity contribution in [2.75, 3.05) is 4.90 Å². The van der Waals surface area contributed by atoms with E-state index in [0.717, 1.165) is 28.3 Å². The summed E-state index contributed by atoms with van der Waals surface area (Å²) in [7, 11) is 0. The first kappa shape index (κ1) is 33.6. The molecule has 0 saturated heterocycles. The van der Waals surface area contributed by atoms with Crippen molar-refractivity contribution in [1.29, 1.82) is 0 Å². The Labute approximate surface area is 338 Å². The maximum absolute atomic E-state index is 2.46. The van der Waals surface area contributed by atoms with Gasteiger partial charge in [0.15, 0.2) is 0 Å². The predicted octanol–water partition coefficient (Wildman–Crippen LogP) is 15.6. The Balaban J connectivity index is 1.23. The molecule has 0 radical (unpaired) electrons. The molecule has 0 amide bonds. The molecular formula is C56H38N2. The van der Waals surface area contributed by atoms with Crippen molar-refractivity contribution < 1.29 is 0 Å². The fraction of sp³-hybridized carbons (Fsp3) is 0. The van der Waals surface area contributed by atoms with Gasteiger partial charge in [0.25, 0.3) is 0 Å². The topological polar surface area (TPSA) is 8.17 Å². The van der Waals surface area contributed by atoms with Crippen LogP contribution in [0.1, 0.15) is 0 Å². The van der Waals surface area contributed by atoms with Gasteiger partial charge in [-0.3, -0.25) is 0 Å². The molecule has 10 aromatic carbocycles. The highest BCUT2D eigenvalue weighted by molar-refractivity contribution is 6.12. The lowest BCUT2D eigenvalue weighted by Gasteiger charge is -2.30. The van der Waals surface area contributed by atoms with Crippen LogP contribution in [0.5, 0.6) is 0 Å². The lowest BCUT2D eigenvalue weighted by Crippen LogP contribution is -2.12. The van der Waals surface area contributed by atoms with E-state index in [1.54, 1.807) is 0 Å². The zero-order chi connectivity index (χ0) is 38.4. The summed E-state index contributed by atoms with van der Waals surface area (Å²) in [5.74, 6) is 0. The Morgan fingerprint density at radius 2 is 0.845 bits per heavy atom. The Hall–Kier alpha value is -7.68. The summed E-state index contributed by atoms with van der Waals surface area (Å²) in [6, 6.07) is 83.8. The van der Waals surface area contributed by atoms with Gasteiger partial charge in [-0.2, -0.15) is 0 Å². The quantitative estimate of drug-likeness (QED) is 0.158. The number of para-hydroxylation sites is 3. The molecule has 272 valence electrons. The van der Waals surface area contributed by atoms with Gasteiger partial charge in [-0.25, -0.2) is 0 Å². The Kier molecular flexibility index (Phi) is 8.19. The number of fused-ring (bicyclic) bond motifs is 5. The first-order valence-corrected chi connectivity index (χ1v) is 19.9. The van der Waals surface area contributed by atoms with Crippen molar-refractivity contribution in [3.8, 4) is 39.1 Å². The van der Waals surface area contributed by atoms with E-state index in [0.29, 0.717) is 0 Å². The third kappa shape index (κ3) is 5.57. The molecule has 0 spiro atoms. The van der Waals surface area contributed by atoms with Crippen LogP contribution in [-0.2, 0) is 0 Å². The van der Waals surface area contributed by atoms with E-state index < -0.39 is 0 Å². The molecular weight excluding hydrogens is 701 g/mol. The van der Waals surface area contributed by atoms with E-state index in [4.69, 9.17) is 0 Å². The minimum atomic E-state index is 1.08. The van der Waals surface area contributed by atoms with E-state index in [-0.39, 0.29) is 0 Å². The number of anilines is 3. The third-order valence-corrected chi connectivity index (χ3v) is 11.6. The molecule has 1 heterocycles. The molecule has 0 bridgehead atoms. The minimum Gasteiger partial charge on any atom is -0.310 e. The first-order valence-electron chi connectivity index (χ1n) is 19.9. The lowest BCUT2D eigenvalue weighted by molar-refractivity contribution is 1.18. The minimum absolute atomic E-state index is 1.08. The number of hydrogen-bond donors (Lipinski definition) is 0. The molecule has 2 heteroatoms. The average Bonchev–Trinajstić information content (AvgIpc) is 3.63. The number of nitrogens with zero attached hydrogens (tertiary/aromatic N) is 2. The van der Waals surface area contributed by atoms with Gasteiger partial charge < -0.3 is 9.47 Å². The van der Waals surface area contributed by atoms with Crippen molar-refractivity contribution in [3.05, 3.63) is 231 Å². The molecule has 0 N–H and O–H groups in total. The third-order valence-electron chi connectivity index (χ3n) is 11.6. The Morgan fingerprint density at radius 3 is 1.62 bits per heavy atom. The number of aromatic nitrogens is 1. The second-order valence-corrected chi connectivity index (χ2v) is 14.9. The standard InChI is InChI=1S/C56H38N2/c1-3-18-41(19-4-1)46-28-11-13-33-52(46)58-53-34-14-12-29-48(53)49-37-36-43(38-55(49)58)57(42-24-5-2-6-25-42)54-35-17-32-51(47-30-15-22-39-20-7-9-26-44(39)47)56(54)50-31-16-23-40-21-8-10-27-45(40)50/h1-38H. The van der Waals surface area contributed by atoms with E-state index >= 15 is 0 Å². The summed E-state index contributed by atoms with van der Waals surface area (Å²) in [5, 5.41) is 7.34. The summed E-state index contributed by atoms with van der Waals surface area (Å²) in [5.41, 5.74) is 13.9. The number of hydrogen-bond acceptors (Lipinski definition) is 1. The predicted molar refractivity (Wildman–Crippen MR) is 247 cm³/mol. The summed E-state index contributed by atoms with van der Waals surface area (Å²) in [6.07, 6.45) is 0. The van der Waals surface area contributed by atoms with Crippen molar-refractivity contribution in [2.24, 2.45) is 0 Å². The van der Waals surface area contributed by atoms with Crippen molar-refractivity contribution in [1.82, 2.24) is 4.57 Å². The molecule has 2 nitrogen and oxygen atoms in total. The van der Waals surface area contributed by atoms with Crippen LogP contribution in [0.3, 0.4) is 0 Å². The van der Waals surface area contributed by atoms with Gasteiger partial charge >= 0.3 is 0 Å². The molecule has 58 heavy (non-hydrogen) atoms. The fourth-order valence-corrected chi connectivity index (χ4v) is 9.03. The van der Waals surface area contributed by atoms with Crippen LogP contribution >= 0.6 is 0 Å². The molecule has 0 atom stereocenters. The van der Waals surface area contributed by atoms with Crippen LogP contribution in [0.2, 0.25) is 0 Å². The molecule has 0 saturated carbocycles.